The second kappa shape index (κ2) is 12.3. The highest BCUT2D eigenvalue weighted by Gasteiger charge is 2.24. The van der Waals surface area contributed by atoms with Crippen molar-refractivity contribution in [3.63, 3.8) is 0 Å². The zero-order valence-corrected chi connectivity index (χ0v) is 20.5. The van der Waals surface area contributed by atoms with Gasteiger partial charge in [-0.25, -0.2) is 4.39 Å². The largest absolute Gasteiger partial charge is 0.354 e. The molecule has 1 saturated heterocycles. The predicted molar refractivity (Wildman–Crippen MR) is 127 cm³/mol. The van der Waals surface area contributed by atoms with Gasteiger partial charge in [-0.05, 0) is 44.6 Å². The highest BCUT2D eigenvalue weighted by molar-refractivity contribution is 14.0. The molecule has 1 heterocycles. The number of piperidine rings is 1. The molecule has 0 saturated carbocycles. The van der Waals surface area contributed by atoms with E-state index in [4.69, 9.17) is 0 Å². The van der Waals surface area contributed by atoms with Crippen molar-refractivity contribution in [1.29, 1.82) is 0 Å². The number of benzene rings is 1. The van der Waals surface area contributed by atoms with E-state index in [-0.39, 0.29) is 41.6 Å². The molecule has 8 heteroatoms. The first-order chi connectivity index (χ1) is 13.3. The quantitative estimate of drug-likeness (QED) is 0.345. The van der Waals surface area contributed by atoms with Gasteiger partial charge < -0.3 is 20.4 Å². The number of hydrogen-bond acceptors (Lipinski definition) is 3. The molecule has 2 N–H and O–H groups in total. The Bertz CT molecular complexity index is 688. The first-order valence-corrected chi connectivity index (χ1v) is 9.98. The fraction of sp³-hybridized carbons (Fsp3) is 0.619. The lowest BCUT2D eigenvalue weighted by atomic mass is 10.0. The summed E-state index contributed by atoms with van der Waals surface area (Å²) in [6.45, 7) is 6.58. The van der Waals surface area contributed by atoms with Crippen LogP contribution >= 0.6 is 24.0 Å². The van der Waals surface area contributed by atoms with Crippen LogP contribution in [0.2, 0.25) is 0 Å². The first kappa shape index (κ1) is 25.6. The highest BCUT2D eigenvalue weighted by atomic mass is 127. The van der Waals surface area contributed by atoms with Crippen LogP contribution in [0.4, 0.5) is 4.39 Å². The summed E-state index contributed by atoms with van der Waals surface area (Å²) in [7, 11) is 5.60. The van der Waals surface area contributed by atoms with E-state index >= 15 is 0 Å². The molecular weight excluding hydrogens is 484 g/mol. The maximum absolute atomic E-state index is 13.9. The zero-order chi connectivity index (χ0) is 20.7. The predicted octanol–water partition coefficient (Wildman–Crippen LogP) is 2.82. The summed E-state index contributed by atoms with van der Waals surface area (Å²) < 4.78 is 13.9. The molecule has 1 aliphatic heterocycles. The Morgan fingerprint density at radius 3 is 2.52 bits per heavy atom. The van der Waals surface area contributed by atoms with Crippen LogP contribution in [0.5, 0.6) is 0 Å². The van der Waals surface area contributed by atoms with E-state index in [0.29, 0.717) is 24.7 Å². The summed E-state index contributed by atoms with van der Waals surface area (Å²) in [4.78, 5) is 20.3. The third-order valence-corrected chi connectivity index (χ3v) is 4.92. The van der Waals surface area contributed by atoms with Gasteiger partial charge in [0.25, 0.3) is 0 Å². The average Bonchev–Trinajstić information content (AvgIpc) is 2.66. The van der Waals surface area contributed by atoms with Crippen LogP contribution in [-0.4, -0.2) is 61.9 Å². The van der Waals surface area contributed by atoms with Gasteiger partial charge in [0, 0.05) is 50.7 Å². The molecule has 1 aromatic rings. The molecule has 1 aliphatic rings. The van der Waals surface area contributed by atoms with Gasteiger partial charge in [-0.2, -0.15) is 0 Å². The van der Waals surface area contributed by atoms with Gasteiger partial charge in [-0.3, -0.25) is 9.79 Å². The molecule has 0 radical (unpaired) electrons. The lowest BCUT2D eigenvalue weighted by molar-refractivity contribution is -0.135. The average molecular weight is 519 g/mol. The zero-order valence-electron chi connectivity index (χ0n) is 18.2. The lowest BCUT2D eigenvalue weighted by Crippen LogP contribution is -2.50. The number of aliphatic imine (C=N–C) groups is 1. The minimum atomic E-state index is -0.178. The van der Waals surface area contributed by atoms with Crippen LogP contribution in [0, 0.1) is 11.7 Å². The molecule has 0 aromatic heterocycles. The molecule has 164 valence electrons. The Balaban J connectivity index is 0.00000420. The summed E-state index contributed by atoms with van der Waals surface area (Å²) in [6, 6.07) is 5.50. The molecule has 1 amide bonds. The minimum Gasteiger partial charge on any atom is -0.354 e. The first-order valence-electron chi connectivity index (χ1n) is 9.98. The van der Waals surface area contributed by atoms with Gasteiger partial charge in [-0.15, -0.1) is 24.0 Å². The third kappa shape index (κ3) is 8.08. The summed E-state index contributed by atoms with van der Waals surface area (Å²) in [6.07, 6.45) is 1.81. The van der Waals surface area contributed by atoms with Crippen molar-refractivity contribution in [2.75, 3.05) is 34.2 Å². The molecular formula is C21H35FIN5O. The van der Waals surface area contributed by atoms with Crippen molar-refractivity contribution < 1.29 is 9.18 Å². The van der Waals surface area contributed by atoms with Crippen LogP contribution in [0.3, 0.4) is 0 Å². The number of nitrogens with one attached hydrogen (secondary N) is 2. The smallest absolute Gasteiger partial charge is 0.225 e. The van der Waals surface area contributed by atoms with E-state index in [1.54, 1.807) is 13.1 Å². The molecule has 2 rings (SSSR count). The normalized spacial score (nSPS) is 15.4. The van der Waals surface area contributed by atoms with Crippen molar-refractivity contribution >= 4 is 35.8 Å². The molecule has 29 heavy (non-hydrogen) atoms. The van der Waals surface area contributed by atoms with E-state index in [2.05, 4.69) is 15.6 Å². The van der Waals surface area contributed by atoms with Crippen molar-refractivity contribution in [2.24, 2.45) is 10.9 Å². The Labute approximate surface area is 191 Å². The van der Waals surface area contributed by atoms with Crippen molar-refractivity contribution in [2.45, 2.75) is 45.8 Å². The number of carbonyl (C=O) groups excluding carboxylic acids is 1. The van der Waals surface area contributed by atoms with Crippen LogP contribution in [0.25, 0.3) is 0 Å². The fourth-order valence-electron chi connectivity index (χ4n) is 3.38. The van der Waals surface area contributed by atoms with E-state index in [0.717, 1.165) is 37.5 Å². The third-order valence-electron chi connectivity index (χ3n) is 4.92. The molecule has 0 spiro atoms. The molecule has 0 bridgehead atoms. The van der Waals surface area contributed by atoms with Crippen molar-refractivity contribution in [3.05, 3.63) is 35.1 Å². The number of nitrogens with zero attached hydrogens (tertiary/aromatic N) is 3. The maximum Gasteiger partial charge on any atom is 0.225 e. The van der Waals surface area contributed by atoms with Crippen LogP contribution in [-0.2, 0) is 17.9 Å². The number of hydrogen-bond donors (Lipinski definition) is 2. The topological polar surface area (TPSA) is 60.0 Å². The van der Waals surface area contributed by atoms with Gasteiger partial charge in [0.2, 0.25) is 5.91 Å². The molecule has 0 atom stereocenters. The molecule has 0 unspecified atom stereocenters. The lowest BCUT2D eigenvalue weighted by Gasteiger charge is -2.34. The maximum atomic E-state index is 13.9. The van der Waals surface area contributed by atoms with Crippen molar-refractivity contribution in [3.8, 4) is 0 Å². The monoisotopic (exact) mass is 519 g/mol. The number of rotatable bonds is 6. The number of amides is 1. The second-order valence-electron chi connectivity index (χ2n) is 7.99. The molecule has 1 fully saturated rings. The van der Waals surface area contributed by atoms with Gasteiger partial charge in [0.1, 0.15) is 5.82 Å². The number of guanidine groups is 1. The molecule has 6 nitrogen and oxygen atoms in total. The van der Waals surface area contributed by atoms with Gasteiger partial charge in [-0.1, -0.05) is 19.9 Å². The summed E-state index contributed by atoms with van der Waals surface area (Å²) in [5, 5.41) is 6.75. The minimum absolute atomic E-state index is 0. The number of carbonyl (C=O) groups is 1. The Kier molecular flexibility index (Phi) is 10.9. The van der Waals surface area contributed by atoms with Crippen LogP contribution in [0.1, 0.15) is 37.8 Å². The summed E-state index contributed by atoms with van der Waals surface area (Å²) in [5.74, 6) is 0.826. The number of likely N-dealkylation sites (tertiary alicyclic amines) is 1. The van der Waals surface area contributed by atoms with E-state index in [1.165, 1.54) is 6.07 Å². The SMILES string of the molecule is CN=C(NCc1ccc(F)c(CN(C)C)c1)NC1CCN(C(=O)C(C)C)CC1.I. The number of halogens is 2. The summed E-state index contributed by atoms with van der Waals surface area (Å²) in [5.41, 5.74) is 1.70. The Morgan fingerprint density at radius 2 is 1.97 bits per heavy atom. The van der Waals surface area contributed by atoms with Crippen LogP contribution < -0.4 is 10.6 Å². The van der Waals surface area contributed by atoms with Gasteiger partial charge >= 0.3 is 0 Å². The second-order valence-corrected chi connectivity index (χ2v) is 7.99. The van der Waals surface area contributed by atoms with E-state index < -0.39 is 0 Å². The highest BCUT2D eigenvalue weighted by Crippen LogP contribution is 2.14. The Hall–Kier alpha value is -1.42. The van der Waals surface area contributed by atoms with Gasteiger partial charge in [0.15, 0.2) is 5.96 Å². The van der Waals surface area contributed by atoms with Gasteiger partial charge in [0.05, 0.1) is 0 Å². The van der Waals surface area contributed by atoms with E-state index in [1.807, 2.05) is 43.8 Å². The van der Waals surface area contributed by atoms with E-state index in [9.17, 15) is 9.18 Å². The fourth-order valence-corrected chi connectivity index (χ4v) is 3.38. The Morgan fingerprint density at radius 1 is 1.31 bits per heavy atom. The standard InChI is InChI=1S/C21H34FN5O.HI/c1-15(2)20(28)27-10-8-18(9-11-27)25-21(23-3)24-13-16-6-7-19(22)17(12-16)14-26(4)5;/h6-7,12,15,18H,8-11,13-14H2,1-5H3,(H2,23,24,25);1H. The summed E-state index contributed by atoms with van der Waals surface area (Å²) >= 11 is 0. The molecule has 1 aromatic carbocycles. The van der Waals surface area contributed by atoms with Crippen molar-refractivity contribution in [1.82, 2.24) is 20.4 Å². The van der Waals surface area contributed by atoms with Crippen LogP contribution in [0.15, 0.2) is 23.2 Å². The molecule has 0 aliphatic carbocycles.